The summed E-state index contributed by atoms with van der Waals surface area (Å²) in [4.78, 5) is 15.5. The smallest absolute Gasteiger partial charge is 0.163 e. The van der Waals surface area contributed by atoms with E-state index < -0.39 is 0 Å². The molecule has 0 spiro atoms. The highest BCUT2D eigenvalue weighted by atomic mass is 16.3. The molecule has 2 atom stereocenters. The minimum atomic E-state index is -0.0586. The molecule has 8 aromatic rings. The fraction of sp³-hybridized carbons (Fsp3) is 0.0682. The van der Waals surface area contributed by atoms with Crippen LogP contribution in [0.25, 0.3) is 72.2 Å². The lowest BCUT2D eigenvalue weighted by molar-refractivity contribution is 0.602. The minimum Gasteiger partial charge on any atom is -0.456 e. The molecule has 4 heteroatoms. The molecule has 0 N–H and O–H groups in total. The van der Waals surface area contributed by atoms with Crippen LogP contribution in [-0.2, 0) is 0 Å². The summed E-state index contributed by atoms with van der Waals surface area (Å²) in [7, 11) is 0. The molecule has 0 amide bonds. The average molecular weight is 618 g/mol. The van der Waals surface area contributed by atoms with Crippen LogP contribution in [0.2, 0.25) is 0 Å². The summed E-state index contributed by atoms with van der Waals surface area (Å²) in [6, 6.07) is 48.3. The Hall–Kier alpha value is -6.13. The Bertz CT molecular complexity index is 2540. The van der Waals surface area contributed by atoms with Gasteiger partial charge < -0.3 is 4.42 Å². The highest BCUT2D eigenvalue weighted by Gasteiger charge is 2.26. The van der Waals surface area contributed by atoms with Gasteiger partial charge in [0.1, 0.15) is 17.0 Å². The number of benzene rings is 6. The molecule has 1 aliphatic rings. The summed E-state index contributed by atoms with van der Waals surface area (Å²) in [5, 5.41) is 4.59. The van der Waals surface area contributed by atoms with Crippen molar-refractivity contribution in [2.75, 3.05) is 0 Å². The van der Waals surface area contributed by atoms with E-state index in [-0.39, 0.29) is 11.8 Å². The van der Waals surface area contributed by atoms with Crippen LogP contribution in [0.1, 0.15) is 24.2 Å². The lowest BCUT2D eigenvalue weighted by atomic mass is 9.83. The third kappa shape index (κ3) is 4.99. The molecule has 0 aliphatic heterocycles. The number of aromatic nitrogens is 3. The molecule has 0 radical (unpaired) electrons. The monoisotopic (exact) mass is 617 g/mol. The summed E-state index contributed by atoms with van der Waals surface area (Å²) in [5.74, 6) is 2.22. The van der Waals surface area contributed by atoms with Gasteiger partial charge in [0.25, 0.3) is 0 Å². The van der Waals surface area contributed by atoms with Crippen molar-refractivity contribution in [3.8, 4) is 33.9 Å². The van der Waals surface area contributed by atoms with Crippen molar-refractivity contribution < 1.29 is 4.42 Å². The minimum absolute atomic E-state index is 0.0586. The third-order valence-corrected chi connectivity index (χ3v) is 9.40. The van der Waals surface area contributed by atoms with Crippen LogP contribution >= 0.6 is 0 Å². The van der Waals surface area contributed by atoms with Crippen LogP contribution in [-0.4, -0.2) is 15.0 Å². The van der Waals surface area contributed by atoms with Crippen molar-refractivity contribution in [1.82, 2.24) is 15.0 Å². The molecular formula is C44H31N3O. The highest BCUT2D eigenvalue weighted by Crippen LogP contribution is 2.40. The van der Waals surface area contributed by atoms with Gasteiger partial charge in [-0.05, 0) is 63.2 Å². The average Bonchev–Trinajstić information content (AvgIpc) is 3.54. The Morgan fingerprint density at radius 2 is 1.23 bits per heavy atom. The second kappa shape index (κ2) is 11.6. The number of rotatable bonds is 5. The molecule has 2 unspecified atom stereocenters. The van der Waals surface area contributed by atoms with Gasteiger partial charge >= 0.3 is 0 Å². The first-order chi connectivity index (χ1) is 23.7. The van der Waals surface area contributed by atoms with E-state index in [2.05, 4.69) is 140 Å². The number of furan rings is 1. The van der Waals surface area contributed by atoms with Gasteiger partial charge in [-0.15, -0.1) is 0 Å². The van der Waals surface area contributed by atoms with Crippen molar-refractivity contribution in [1.29, 1.82) is 0 Å². The van der Waals surface area contributed by atoms with Gasteiger partial charge in [-0.3, -0.25) is 0 Å². The van der Waals surface area contributed by atoms with E-state index in [1.807, 2.05) is 24.3 Å². The second-order valence-corrected chi connectivity index (χ2v) is 12.5. The van der Waals surface area contributed by atoms with Crippen LogP contribution in [0.5, 0.6) is 0 Å². The summed E-state index contributed by atoms with van der Waals surface area (Å²) >= 11 is 0. The van der Waals surface area contributed by atoms with E-state index in [1.165, 1.54) is 5.39 Å². The number of hydrogen-bond donors (Lipinski definition) is 0. The Balaban J connectivity index is 1.21. The van der Waals surface area contributed by atoms with Crippen LogP contribution in [0.3, 0.4) is 0 Å². The predicted octanol–water partition coefficient (Wildman–Crippen LogP) is 11.3. The molecule has 1 aliphatic carbocycles. The first-order valence-corrected chi connectivity index (χ1v) is 16.4. The lowest BCUT2D eigenvalue weighted by Crippen LogP contribution is -2.14. The second-order valence-electron chi connectivity index (χ2n) is 12.5. The van der Waals surface area contributed by atoms with Gasteiger partial charge in [-0.1, -0.05) is 140 Å². The van der Waals surface area contributed by atoms with Crippen molar-refractivity contribution in [3.05, 3.63) is 169 Å². The molecule has 48 heavy (non-hydrogen) atoms. The van der Waals surface area contributed by atoms with Crippen LogP contribution in [0.4, 0.5) is 0 Å². The number of nitrogens with zero attached hydrogens (tertiary/aromatic N) is 3. The predicted molar refractivity (Wildman–Crippen MR) is 196 cm³/mol. The van der Waals surface area contributed by atoms with E-state index in [4.69, 9.17) is 19.4 Å². The summed E-state index contributed by atoms with van der Waals surface area (Å²) in [6.07, 6.45) is 6.83. The number of allylic oxidation sites excluding steroid dienone is 4. The maximum Gasteiger partial charge on any atom is 0.163 e. The number of para-hydroxylation sites is 1. The molecule has 2 aromatic heterocycles. The van der Waals surface area contributed by atoms with Crippen molar-refractivity contribution in [2.24, 2.45) is 5.92 Å². The topological polar surface area (TPSA) is 51.8 Å². The Morgan fingerprint density at radius 1 is 0.542 bits per heavy atom. The van der Waals surface area contributed by atoms with E-state index >= 15 is 0 Å². The number of hydrogen-bond acceptors (Lipinski definition) is 4. The van der Waals surface area contributed by atoms with Gasteiger partial charge in [-0.25, -0.2) is 15.0 Å². The van der Waals surface area contributed by atoms with Crippen molar-refractivity contribution in [2.45, 2.75) is 12.8 Å². The molecule has 9 rings (SSSR count). The third-order valence-electron chi connectivity index (χ3n) is 9.40. The van der Waals surface area contributed by atoms with E-state index in [0.717, 1.165) is 66.5 Å². The summed E-state index contributed by atoms with van der Waals surface area (Å²) in [5.41, 5.74) is 8.26. The van der Waals surface area contributed by atoms with Gasteiger partial charge in [0, 0.05) is 27.8 Å². The van der Waals surface area contributed by atoms with E-state index in [0.29, 0.717) is 11.6 Å². The van der Waals surface area contributed by atoms with Crippen LogP contribution < -0.4 is 0 Å². The van der Waals surface area contributed by atoms with Gasteiger partial charge in [0.05, 0.1) is 0 Å². The number of fused-ring (bicyclic) bond motifs is 4. The zero-order chi connectivity index (χ0) is 32.0. The van der Waals surface area contributed by atoms with Gasteiger partial charge in [0.2, 0.25) is 0 Å². The molecule has 0 saturated carbocycles. The van der Waals surface area contributed by atoms with Crippen LogP contribution in [0.15, 0.2) is 162 Å². The largest absolute Gasteiger partial charge is 0.456 e. The molecule has 2 heterocycles. The highest BCUT2D eigenvalue weighted by molar-refractivity contribution is 6.11. The molecule has 0 bridgehead atoms. The molecule has 4 nitrogen and oxygen atoms in total. The zero-order valence-electron chi connectivity index (χ0n) is 26.4. The van der Waals surface area contributed by atoms with E-state index in [9.17, 15) is 0 Å². The fourth-order valence-corrected chi connectivity index (χ4v) is 6.88. The zero-order valence-corrected chi connectivity index (χ0v) is 26.4. The maximum absolute atomic E-state index is 6.23. The molecule has 6 aromatic carbocycles. The maximum atomic E-state index is 6.23. The molecular weight excluding hydrogens is 587 g/mol. The lowest BCUT2D eigenvalue weighted by Gasteiger charge is -2.23. The fourth-order valence-electron chi connectivity index (χ4n) is 6.88. The van der Waals surface area contributed by atoms with E-state index in [1.54, 1.807) is 0 Å². The van der Waals surface area contributed by atoms with Crippen LogP contribution in [0, 0.1) is 5.92 Å². The van der Waals surface area contributed by atoms with Gasteiger partial charge in [-0.2, -0.15) is 0 Å². The summed E-state index contributed by atoms with van der Waals surface area (Å²) in [6.45, 7) is 2.23. The molecule has 228 valence electrons. The first kappa shape index (κ1) is 28.1. The summed E-state index contributed by atoms with van der Waals surface area (Å²) < 4.78 is 6.23. The normalized spacial score (nSPS) is 16.1. The van der Waals surface area contributed by atoms with Gasteiger partial charge in [0.15, 0.2) is 11.6 Å². The molecule has 0 fully saturated rings. The van der Waals surface area contributed by atoms with Crippen molar-refractivity contribution in [3.63, 3.8) is 0 Å². The Labute approximate surface area is 278 Å². The SMILES string of the molecule is CC1C=CC(c2cccc3oc4ccccc4c23)=CC1c1nc(-c2cccc(-c3ccccc3)c2)nc(-c2ccc3ccccc3c2)n1. The standard InChI is InChI=1S/C44H31N3O/c1-28-21-22-33(36-18-10-20-40-41(36)37-17-7-8-19-39(37)48-40)27-38(28)44-46-42(34-16-9-15-32(25-34)29-11-3-2-4-12-29)45-43(47-44)35-24-23-30-13-5-6-14-31(30)26-35/h2-28,38H,1H3. The molecule has 0 saturated heterocycles. The quantitative estimate of drug-likeness (QED) is 0.193. The Morgan fingerprint density at radius 3 is 2.10 bits per heavy atom. The van der Waals surface area contributed by atoms with Crippen molar-refractivity contribution >= 4 is 38.3 Å². The Kier molecular flexibility index (Phi) is 6.79. The first-order valence-electron chi connectivity index (χ1n) is 16.4.